The van der Waals surface area contributed by atoms with Gasteiger partial charge in [0.2, 0.25) is 0 Å². The molecule has 1 atom stereocenters. The number of hydrogen-bond acceptors (Lipinski definition) is 8. The molecule has 3 saturated heterocycles. The van der Waals surface area contributed by atoms with E-state index < -0.39 is 0 Å². The summed E-state index contributed by atoms with van der Waals surface area (Å²) < 4.78 is 42.2. The lowest BCUT2D eigenvalue weighted by Gasteiger charge is -2.31. The summed E-state index contributed by atoms with van der Waals surface area (Å²) in [6, 6.07) is 7.88. The van der Waals surface area contributed by atoms with Gasteiger partial charge in [-0.2, -0.15) is 9.97 Å². The van der Waals surface area contributed by atoms with Crippen LogP contribution in [-0.4, -0.2) is 71.4 Å². The number of fused-ring (bicyclic) bond motifs is 5. The molecule has 3 aromatic heterocycles. The highest BCUT2D eigenvalue weighted by molar-refractivity contribution is 7.26. The molecule has 0 N–H and O–H groups in total. The molecule has 5 aromatic rings. The molecule has 8 rings (SSSR count). The lowest BCUT2D eigenvalue weighted by molar-refractivity contribution is 0.108. The summed E-state index contributed by atoms with van der Waals surface area (Å²) in [7, 11) is 0. The van der Waals surface area contributed by atoms with Crippen LogP contribution in [0.1, 0.15) is 49.3 Å². The zero-order valence-corrected chi connectivity index (χ0v) is 28.3. The molecule has 3 aliphatic rings. The van der Waals surface area contributed by atoms with Crippen LogP contribution in [0.5, 0.6) is 6.01 Å². The average Bonchev–Trinajstić information content (AvgIpc) is 3.69. The third-order valence-electron chi connectivity index (χ3n) is 10.4. The van der Waals surface area contributed by atoms with Gasteiger partial charge in [0, 0.05) is 43.4 Å². The van der Waals surface area contributed by atoms with Crippen molar-refractivity contribution in [2.24, 2.45) is 0 Å². The second-order valence-corrected chi connectivity index (χ2v) is 14.2. The summed E-state index contributed by atoms with van der Waals surface area (Å²) in [6.07, 6.45) is 8.57. The summed E-state index contributed by atoms with van der Waals surface area (Å²) in [5.74, 6) is 0.599. The number of rotatable bonds is 7. The maximum atomic E-state index is 15.4. The van der Waals surface area contributed by atoms with Gasteiger partial charge in [-0.05, 0) is 90.7 Å². The van der Waals surface area contributed by atoms with Crippen molar-refractivity contribution in [1.82, 2.24) is 19.9 Å². The van der Waals surface area contributed by atoms with Crippen molar-refractivity contribution in [1.29, 1.82) is 0 Å². The molecule has 0 spiro atoms. The fraction of sp³-hybridized carbons (Fsp3) is 0.395. The van der Waals surface area contributed by atoms with E-state index >= 15 is 4.39 Å². The topological polar surface area (TPSA) is 63.6 Å². The van der Waals surface area contributed by atoms with Crippen molar-refractivity contribution in [2.75, 3.05) is 50.9 Å². The Hall–Kier alpha value is -3.99. The summed E-state index contributed by atoms with van der Waals surface area (Å²) in [5, 5.41) is 3.80. The fourth-order valence-corrected chi connectivity index (χ4v) is 9.35. The van der Waals surface area contributed by atoms with Crippen LogP contribution in [0.15, 0.2) is 48.9 Å². The predicted octanol–water partition coefficient (Wildman–Crippen LogP) is 8.41. The Labute approximate surface area is 282 Å². The summed E-state index contributed by atoms with van der Waals surface area (Å²) >= 11 is 1.56. The molecule has 0 aliphatic carbocycles. The van der Waals surface area contributed by atoms with Gasteiger partial charge in [-0.1, -0.05) is 31.7 Å². The second kappa shape index (κ2) is 12.5. The number of halogens is 2. The minimum Gasteiger partial charge on any atom is -0.461 e. The number of aryl methyl sites for hydroxylation is 2. The first-order chi connectivity index (χ1) is 23.4. The molecule has 3 aliphatic heterocycles. The van der Waals surface area contributed by atoms with Crippen LogP contribution in [-0.2, 0) is 11.2 Å². The highest BCUT2D eigenvalue weighted by atomic mass is 32.1. The van der Waals surface area contributed by atoms with E-state index in [0.717, 1.165) is 104 Å². The van der Waals surface area contributed by atoms with Gasteiger partial charge in [-0.15, -0.1) is 11.3 Å². The quantitative estimate of drug-likeness (QED) is 0.173. The van der Waals surface area contributed by atoms with Crippen molar-refractivity contribution in [3.8, 4) is 17.3 Å². The van der Waals surface area contributed by atoms with E-state index in [1.165, 1.54) is 0 Å². The maximum Gasteiger partial charge on any atom is 0.319 e. The van der Waals surface area contributed by atoms with Crippen molar-refractivity contribution in [3.63, 3.8) is 0 Å². The monoisotopic (exact) mass is 667 g/mol. The Kier molecular flexibility index (Phi) is 8.13. The smallest absolute Gasteiger partial charge is 0.319 e. The summed E-state index contributed by atoms with van der Waals surface area (Å²) in [6.45, 7) is 13.0. The molecule has 6 heterocycles. The standard InChI is InChI=1S/C38H39F2N5O2S/c1-4-26-23(3)18-25-8-9-29(40)27(5-2)30(25)31(26)33-34-28(10-12-41-33)32-35(44-13-7-16-46-17-15-44)42-37(43-36(32)48-34)47-22-38-11-6-14-45(38)21-24(19-38)20-39/h4,8-10,12,18,20H,1,5-7,11,13-17,19,21-22H2,2-3H3/b24-20-/t38-/m0/s1. The number of anilines is 1. The zero-order chi connectivity index (χ0) is 33.0. The number of ether oxygens (including phenoxy) is 2. The Balaban J connectivity index is 1.33. The van der Waals surface area contributed by atoms with E-state index in [4.69, 9.17) is 24.4 Å². The van der Waals surface area contributed by atoms with Gasteiger partial charge < -0.3 is 14.4 Å². The zero-order valence-electron chi connectivity index (χ0n) is 27.5. The van der Waals surface area contributed by atoms with Gasteiger partial charge in [-0.3, -0.25) is 9.88 Å². The number of thiophene rings is 1. The van der Waals surface area contributed by atoms with E-state index in [-0.39, 0.29) is 11.4 Å². The van der Waals surface area contributed by atoms with Crippen molar-refractivity contribution < 1.29 is 18.3 Å². The third kappa shape index (κ3) is 5.07. The van der Waals surface area contributed by atoms with Crippen LogP contribution in [0.25, 0.3) is 48.4 Å². The normalized spacial score (nSPS) is 21.1. The Morgan fingerprint density at radius 2 is 2.02 bits per heavy atom. The van der Waals surface area contributed by atoms with Crippen LogP contribution in [0.4, 0.5) is 14.6 Å². The van der Waals surface area contributed by atoms with E-state index in [1.54, 1.807) is 17.4 Å². The van der Waals surface area contributed by atoms with Crippen LogP contribution < -0.4 is 9.64 Å². The molecular formula is C38H39F2N5O2S. The maximum absolute atomic E-state index is 15.4. The highest BCUT2D eigenvalue weighted by Gasteiger charge is 2.47. The Morgan fingerprint density at radius 3 is 2.85 bits per heavy atom. The van der Waals surface area contributed by atoms with Gasteiger partial charge in [0.1, 0.15) is 23.1 Å². The molecule has 10 heteroatoms. The molecule has 3 fully saturated rings. The lowest BCUT2D eigenvalue weighted by atomic mass is 9.88. The second-order valence-electron chi connectivity index (χ2n) is 13.2. The third-order valence-corrected chi connectivity index (χ3v) is 11.6. The van der Waals surface area contributed by atoms with E-state index in [1.807, 2.05) is 31.3 Å². The van der Waals surface area contributed by atoms with Crippen LogP contribution >= 0.6 is 11.3 Å². The van der Waals surface area contributed by atoms with E-state index in [9.17, 15) is 4.39 Å². The number of aromatic nitrogens is 3. The highest BCUT2D eigenvalue weighted by Crippen LogP contribution is 2.47. The van der Waals surface area contributed by atoms with Crippen molar-refractivity contribution >= 4 is 54.3 Å². The predicted molar refractivity (Wildman–Crippen MR) is 190 cm³/mol. The molecule has 0 unspecified atom stereocenters. The minimum atomic E-state index is -0.232. The van der Waals surface area contributed by atoms with Gasteiger partial charge in [0.05, 0.1) is 34.3 Å². The summed E-state index contributed by atoms with van der Waals surface area (Å²) in [4.78, 5) is 20.5. The van der Waals surface area contributed by atoms with E-state index in [2.05, 4.69) is 29.4 Å². The number of hydrogen-bond donors (Lipinski definition) is 0. The molecule has 0 amide bonds. The molecule has 7 nitrogen and oxygen atoms in total. The van der Waals surface area contributed by atoms with Gasteiger partial charge in [0.25, 0.3) is 0 Å². The van der Waals surface area contributed by atoms with Crippen LogP contribution in [0.3, 0.4) is 0 Å². The van der Waals surface area contributed by atoms with Crippen molar-refractivity contribution in [3.05, 3.63) is 71.5 Å². The number of nitrogens with zero attached hydrogens (tertiary/aromatic N) is 5. The lowest BCUT2D eigenvalue weighted by Crippen LogP contribution is -2.43. The first-order valence-corrected chi connectivity index (χ1v) is 17.7. The molecule has 2 aromatic carbocycles. The minimum absolute atomic E-state index is 0.219. The molecule has 48 heavy (non-hydrogen) atoms. The Morgan fingerprint density at radius 1 is 1.12 bits per heavy atom. The molecule has 0 bridgehead atoms. The van der Waals surface area contributed by atoms with Gasteiger partial charge in [0.15, 0.2) is 0 Å². The largest absolute Gasteiger partial charge is 0.461 e. The first kappa shape index (κ1) is 31.3. The molecule has 0 radical (unpaired) electrons. The molecule has 0 saturated carbocycles. The molecular weight excluding hydrogens is 629 g/mol. The first-order valence-electron chi connectivity index (χ1n) is 16.9. The number of pyridine rings is 1. The van der Waals surface area contributed by atoms with Gasteiger partial charge >= 0.3 is 6.01 Å². The SMILES string of the molecule is C=Cc1c(C)cc2ccc(F)c(CC)c2c1-c1nccc2c1sc1nc(OC[C@@]34CCCN3C/C(=C\F)C4)nc(N3CCCOCC3)c12. The van der Waals surface area contributed by atoms with E-state index in [0.29, 0.717) is 57.3 Å². The average molecular weight is 668 g/mol. The Bertz CT molecular complexity index is 2100. The van der Waals surface area contributed by atoms with Crippen molar-refractivity contribution in [2.45, 2.75) is 51.5 Å². The van der Waals surface area contributed by atoms with Crippen LogP contribution in [0, 0.1) is 12.7 Å². The fourth-order valence-electron chi connectivity index (χ4n) is 8.20. The molecule has 248 valence electrons. The van der Waals surface area contributed by atoms with Gasteiger partial charge in [-0.25, -0.2) is 8.78 Å². The summed E-state index contributed by atoms with van der Waals surface area (Å²) in [5.41, 5.74) is 4.93. The number of benzene rings is 2. The van der Waals surface area contributed by atoms with Crippen LogP contribution in [0.2, 0.25) is 0 Å².